The molecule has 0 amide bonds. The van der Waals surface area contributed by atoms with E-state index in [4.69, 9.17) is 28.8 Å². The summed E-state index contributed by atoms with van der Waals surface area (Å²) in [6.07, 6.45) is -2.26. The van der Waals surface area contributed by atoms with Gasteiger partial charge in [-0.25, -0.2) is 0 Å². The van der Waals surface area contributed by atoms with Crippen molar-refractivity contribution in [2.75, 3.05) is 13.7 Å². The number of carboxylic acids is 1. The molecule has 3 aliphatic rings. The molecule has 11 heteroatoms. The van der Waals surface area contributed by atoms with Gasteiger partial charge in [0.05, 0.1) is 30.6 Å². The zero-order valence-electron chi connectivity index (χ0n) is 16.0. The molecule has 0 radical (unpaired) electrons. The number of fused-ring (bicyclic) bond motifs is 8. The number of carboxylic acid groups (broad SMARTS) is 1. The molecule has 0 aliphatic carbocycles. The fraction of sp³-hybridized carbons (Fsp3) is 0.667. The number of hydrogen-bond acceptors (Lipinski definition) is 9. The number of nitrogens with zero attached hydrogens (tertiary/aromatic N) is 1. The molecule has 2 saturated heterocycles. The number of methoxy groups -OCH3 is 1. The van der Waals surface area contributed by atoms with Crippen molar-refractivity contribution in [1.29, 1.82) is 0 Å². The summed E-state index contributed by atoms with van der Waals surface area (Å²) in [6.45, 7) is 1.88. The third-order valence-electron chi connectivity index (χ3n) is 5.47. The van der Waals surface area contributed by atoms with Crippen LogP contribution in [0.3, 0.4) is 0 Å². The molecule has 2 bridgehead atoms. The molecule has 0 aromatic carbocycles. The number of rotatable bonds is 8. The zero-order chi connectivity index (χ0) is 20.9. The molecule has 3 aliphatic heterocycles. The molecule has 1 aromatic heterocycles. The minimum atomic E-state index is -1.20. The lowest BCUT2D eigenvalue weighted by molar-refractivity contribution is -0.331. The van der Waals surface area contributed by atoms with Crippen molar-refractivity contribution in [2.45, 2.75) is 63.1 Å². The summed E-state index contributed by atoms with van der Waals surface area (Å²) in [7, 11) is 1.47. The van der Waals surface area contributed by atoms with E-state index in [1.165, 1.54) is 11.7 Å². The number of hydrogen-bond donors (Lipinski definition) is 3. The van der Waals surface area contributed by atoms with Crippen molar-refractivity contribution in [2.24, 2.45) is 0 Å². The number of ether oxygens (including phenoxy) is 5. The van der Waals surface area contributed by atoms with Gasteiger partial charge in [0.15, 0.2) is 11.8 Å². The van der Waals surface area contributed by atoms with E-state index in [0.29, 0.717) is 17.5 Å². The summed E-state index contributed by atoms with van der Waals surface area (Å²) in [5.74, 6) is -3.14. The van der Waals surface area contributed by atoms with Crippen LogP contribution in [-0.4, -0.2) is 63.7 Å². The Labute approximate surface area is 165 Å². The van der Waals surface area contributed by atoms with Crippen molar-refractivity contribution in [1.82, 2.24) is 4.57 Å². The highest BCUT2D eigenvalue weighted by atomic mass is 16.9. The predicted molar refractivity (Wildman–Crippen MR) is 91.9 cm³/mol. The maximum absolute atomic E-state index is 11.4. The Hall–Kier alpha value is -2.34. The molecule has 5 atom stereocenters. The van der Waals surface area contributed by atoms with Crippen LogP contribution in [-0.2, 0) is 39.8 Å². The van der Waals surface area contributed by atoms with Gasteiger partial charge in [-0.3, -0.25) is 14.2 Å². The van der Waals surface area contributed by atoms with Crippen LogP contribution < -0.4 is 0 Å². The first-order valence-corrected chi connectivity index (χ1v) is 9.33. The Morgan fingerprint density at radius 2 is 1.69 bits per heavy atom. The van der Waals surface area contributed by atoms with Crippen LogP contribution in [0.5, 0.6) is 11.8 Å². The number of aliphatic carboxylic acids is 1. The van der Waals surface area contributed by atoms with Gasteiger partial charge in [0, 0.05) is 20.6 Å². The molecule has 4 rings (SSSR count). The van der Waals surface area contributed by atoms with Gasteiger partial charge in [0.25, 0.3) is 5.97 Å². The molecular weight excluding hydrogens is 390 g/mol. The number of aromatic hydroxyl groups is 2. The fourth-order valence-electron chi connectivity index (χ4n) is 4.09. The molecular formula is C18H23NO10. The van der Waals surface area contributed by atoms with Gasteiger partial charge in [-0.2, -0.15) is 0 Å². The highest BCUT2D eigenvalue weighted by Gasteiger charge is 2.64. The molecule has 0 saturated carbocycles. The Morgan fingerprint density at radius 3 is 2.21 bits per heavy atom. The van der Waals surface area contributed by atoms with Crippen molar-refractivity contribution in [3.8, 4) is 11.8 Å². The van der Waals surface area contributed by atoms with Crippen LogP contribution in [0.4, 0.5) is 0 Å². The second-order valence-electron chi connectivity index (χ2n) is 7.30. The SMILES string of the molecule is COC1(C)OC2C3O[C@@H](c4c3c(O)n(CCCOC(=O)CCC(=O)O)c4O)[C@H]2O1. The van der Waals surface area contributed by atoms with Crippen molar-refractivity contribution < 1.29 is 48.6 Å². The molecule has 29 heavy (non-hydrogen) atoms. The van der Waals surface area contributed by atoms with Crippen molar-refractivity contribution in [3.05, 3.63) is 11.1 Å². The summed E-state index contributed by atoms with van der Waals surface area (Å²) in [4.78, 5) is 21.9. The van der Waals surface area contributed by atoms with Crippen LogP contribution in [0.15, 0.2) is 0 Å². The largest absolute Gasteiger partial charge is 0.494 e. The number of aromatic nitrogens is 1. The van der Waals surface area contributed by atoms with E-state index >= 15 is 0 Å². The minimum absolute atomic E-state index is 0.0349. The van der Waals surface area contributed by atoms with Gasteiger partial charge in [0.2, 0.25) is 0 Å². The third-order valence-corrected chi connectivity index (χ3v) is 5.47. The predicted octanol–water partition coefficient (Wildman–Crippen LogP) is 0.927. The molecule has 160 valence electrons. The lowest BCUT2D eigenvalue weighted by Gasteiger charge is -2.23. The van der Waals surface area contributed by atoms with Crippen LogP contribution in [0.25, 0.3) is 0 Å². The highest BCUT2D eigenvalue weighted by molar-refractivity contribution is 5.76. The van der Waals surface area contributed by atoms with E-state index in [9.17, 15) is 19.8 Å². The van der Waals surface area contributed by atoms with Crippen LogP contribution >= 0.6 is 0 Å². The molecule has 1 aromatic rings. The molecule has 3 unspecified atom stereocenters. The highest BCUT2D eigenvalue weighted by Crippen LogP contribution is 2.62. The van der Waals surface area contributed by atoms with E-state index in [0.717, 1.165) is 0 Å². The topological polar surface area (TPSA) is 146 Å². The molecule has 11 nitrogen and oxygen atoms in total. The van der Waals surface area contributed by atoms with Crippen molar-refractivity contribution in [3.63, 3.8) is 0 Å². The smallest absolute Gasteiger partial charge is 0.306 e. The van der Waals surface area contributed by atoms with E-state index in [2.05, 4.69) is 0 Å². The summed E-state index contributed by atoms with van der Waals surface area (Å²) in [5.41, 5.74) is 0.937. The summed E-state index contributed by atoms with van der Waals surface area (Å²) >= 11 is 0. The third kappa shape index (κ3) is 3.23. The van der Waals surface area contributed by atoms with Gasteiger partial charge < -0.3 is 39.0 Å². The van der Waals surface area contributed by atoms with Gasteiger partial charge in [0.1, 0.15) is 24.4 Å². The average Bonchev–Trinajstić information content (AvgIpc) is 3.37. The normalized spacial score (nSPS) is 31.7. The average molecular weight is 413 g/mol. The second-order valence-corrected chi connectivity index (χ2v) is 7.30. The first kappa shape index (κ1) is 20.0. The Morgan fingerprint density at radius 1 is 1.10 bits per heavy atom. The standard InChI is InChI=1S/C18H23NO10/c1-18(25-2)28-14-12-10-11(13(27-12)15(14)29-18)17(24)19(16(10)23)6-3-7-26-9(22)5-4-8(20)21/h12-15,23-24H,3-7H2,1-2H3,(H,20,21)/t12-,13?,14+,15?,18?/m0/s1. The Bertz CT molecular complexity index is 792. The number of carbonyl (C=O) groups excluding carboxylic acids is 1. The first-order chi connectivity index (χ1) is 13.8. The maximum Gasteiger partial charge on any atom is 0.306 e. The van der Waals surface area contributed by atoms with E-state index in [1.807, 2.05) is 0 Å². The fourth-order valence-corrected chi connectivity index (χ4v) is 4.09. The van der Waals surface area contributed by atoms with Crippen LogP contribution in [0.1, 0.15) is 49.5 Å². The van der Waals surface area contributed by atoms with Gasteiger partial charge in [-0.15, -0.1) is 0 Å². The van der Waals surface area contributed by atoms with E-state index in [-0.39, 0.29) is 37.8 Å². The van der Waals surface area contributed by atoms with Crippen LogP contribution in [0, 0.1) is 0 Å². The monoisotopic (exact) mass is 413 g/mol. The van der Waals surface area contributed by atoms with E-state index < -0.39 is 42.3 Å². The lowest BCUT2D eigenvalue weighted by Crippen LogP contribution is -2.30. The molecule has 3 N–H and O–H groups in total. The van der Waals surface area contributed by atoms with Crippen LogP contribution in [0.2, 0.25) is 0 Å². The Kier molecular flexibility index (Phi) is 4.93. The first-order valence-electron chi connectivity index (χ1n) is 9.33. The Balaban J connectivity index is 1.40. The van der Waals surface area contributed by atoms with Gasteiger partial charge >= 0.3 is 11.9 Å². The zero-order valence-corrected chi connectivity index (χ0v) is 16.0. The summed E-state index contributed by atoms with van der Waals surface area (Å²) < 4.78 is 29.0. The number of carbonyl (C=O) groups is 2. The minimum Gasteiger partial charge on any atom is -0.494 e. The van der Waals surface area contributed by atoms with E-state index in [1.54, 1.807) is 6.92 Å². The second kappa shape index (κ2) is 7.17. The van der Waals surface area contributed by atoms with Crippen molar-refractivity contribution >= 4 is 11.9 Å². The van der Waals surface area contributed by atoms with Gasteiger partial charge in [-0.1, -0.05) is 0 Å². The number of esters is 1. The lowest BCUT2D eigenvalue weighted by atomic mass is 9.90. The molecule has 2 fully saturated rings. The van der Waals surface area contributed by atoms with Gasteiger partial charge in [-0.05, 0) is 6.42 Å². The maximum atomic E-state index is 11.4. The summed E-state index contributed by atoms with van der Waals surface area (Å²) in [6, 6.07) is 0. The summed E-state index contributed by atoms with van der Waals surface area (Å²) in [5, 5.41) is 29.8. The molecule has 4 heterocycles. The molecule has 0 spiro atoms. The quantitative estimate of drug-likeness (QED) is 0.415.